The Kier molecular flexibility index (Phi) is 3.65. The lowest BCUT2D eigenvalue weighted by Gasteiger charge is -2.43. The molecule has 2 aliphatic rings. The molecule has 0 aromatic heterocycles. The van der Waals surface area contributed by atoms with Crippen molar-refractivity contribution in [1.82, 2.24) is 15.1 Å². The zero-order chi connectivity index (χ0) is 10.8. The quantitative estimate of drug-likeness (QED) is 0.727. The highest BCUT2D eigenvalue weighted by atomic mass is 15.3. The molecule has 2 heterocycles. The maximum absolute atomic E-state index is 3.59. The van der Waals surface area contributed by atoms with E-state index in [1.54, 1.807) is 0 Å². The van der Waals surface area contributed by atoms with Crippen molar-refractivity contribution in [3.8, 4) is 0 Å². The van der Waals surface area contributed by atoms with Gasteiger partial charge in [0.1, 0.15) is 0 Å². The number of rotatable bonds is 2. The van der Waals surface area contributed by atoms with E-state index in [1.807, 2.05) is 0 Å². The van der Waals surface area contributed by atoms with Crippen LogP contribution in [0.2, 0.25) is 0 Å². The van der Waals surface area contributed by atoms with Crippen LogP contribution >= 0.6 is 0 Å². The summed E-state index contributed by atoms with van der Waals surface area (Å²) in [7, 11) is 2.25. The second-order valence-corrected chi connectivity index (χ2v) is 5.38. The summed E-state index contributed by atoms with van der Waals surface area (Å²) in [6.07, 6.45) is 2.73. The van der Waals surface area contributed by atoms with Gasteiger partial charge in [0.15, 0.2) is 0 Å². The van der Waals surface area contributed by atoms with Gasteiger partial charge in [-0.2, -0.15) is 0 Å². The summed E-state index contributed by atoms with van der Waals surface area (Å²) < 4.78 is 0. The highest BCUT2D eigenvalue weighted by Crippen LogP contribution is 2.15. The van der Waals surface area contributed by atoms with Gasteiger partial charge >= 0.3 is 0 Å². The first-order valence-corrected chi connectivity index (χ1v) is 6.34. The first-order valence-electron chi connectivity index (χ1n) is 6.34. The minimum atomic E-state index is 0.704. The van der Waals surface area contributed by atoms with E-state index < -0.39 is 0 Å². The lowest BCUT2D eigenvalue weighted by atomic mass is 10.1. The predicted octanol–water partition coefficient (Wildman–Crippen LogP) is 0.763. The number of piperazine rings is 1. The number of nitrogens with zero attached hydrogens (tertiary/aromatic N) is 2. The Morgan fingerprint density at radius 1 is 1.20 bits per heavy atom. The van der Waals surface area contributed by atoms with Crippen LogP contribution in [0, 0.1) is 0 Å². The van der Waals surface area contributed by atoms with Gasteiger partial charge in [0.25, 0.3) is 0 Å². The average molecular weight is 211 g/mol. The zero-order valence-electron chi connectivity index (χ0n) is 10.4. The molecule has 0 bridgehead atoms. The molecular weight excluding hydrogens is 186 g/mol. The third-order valence-corrected chi connectivity index (χ3v) is 4.08. The Hall–Kier alpha value is -0.120. The summed E-state index contributed by atoms with van der Waals surface area (Å²) >= 11 is 0. The number of hydrogen-bond acceptors (Lipinski definition) is 3. The highest BCUT2D eigenvalue weighted by Gasteiger charge is 2.28. The van der Waals surface area contributed by atoms with Crippen molar-refractivity contribution in [2.75, 3.05) is 33.2 Å². The average Bonchev–Trinajstić information content (AvgIpc) is 2.66. The molecule has 15 heavy (non-hydrogen) atoms. The third kappa shape index (κ3) is 2.71. The normalized spacial score (nSPS) is 39.8. The third-order valence-electron chi connectivity index (χ3n) is 4.08. The van der Waals surface area contributed by atoms with Crippen LogP contribution in [-0.4, -0.2) is 61.2 Å². The predicted molar refractivity (Wildman–Crippen MR) is 64.2 cm³/mol. The summed E-state index contributed by atoms with van der Waals surface area (Å²) in [6.45, 7) is 9.62. The van der Waals surface area contributed by atoms with E-state index in [0.29, 0.717) is 12.1 Å². The van der Waals surface area contributed by atoms with Crippen molar-refractivity contribution < 1.29 is 0 Å². The van der Waals surface area contributed by atoms with Gasteiger partial charge in [-0.15, -0.1) is 0 Å². The fourth-order valence-corrected chi connectivity index (χ4v) is 2.89. The lowest BCUT2D eigenvalue weighted by molar-refractivity contribution is 0.0555. The highest BCUT2D eigenvalue weighted by molar-refractivity contribution is 4.86. The molecule has 0 aromatic rings. The molecular formula is C12H25N3. The molecule has 1 N–H and O–H groups in total. The van der Waals surface area contributed by atoms with Crippen LogP contribution in [0.3, 0.4) is 0 Å². The van der Waals surface area contributed by atoms with E-state index >= 15 is 0 Å². The van der Waals surface area contributed by atoms with E-state index in [2.05, 4.69) is 36.0 Å². The maximum Gasteiger partial charge on any atom is 0.0195 e. The topological polar surface area (TPSA) is 18.5 Å². The van der Waals surface area contributed by atoms with E-state index in [1.165, 1.54) is 39.0 Å². The minimum Gasteiger partial charge on any atom is -0.313 e. The van der Waals surface area contributed by atoms with Crippen molar-refractivity contribution >= 4 is 0 Å². The molecule has 3 atom stereocenters. The van der Waals surface area contributed by atoms with Gasteiger partial charge in [-0.1, -0.05) is 0 Å². The van der Waals surface area contributed by atoms with Crippen LogP contribution in [-0.2, 0) is 0 Å². The van der Waals surface area contributed by atoms with Crippen LogP contribution in [0.25, 0.3) is 0 Å². The summed E-state index contributed by atoms with van der Waals surface area (Å²) in [6, 6.07) is 2.16. The monoisotopic (exact) mass is 211 g/mol. The fourth-order valence-electron chi connectivity index (χ4n) is 2.89. The van der Waals surface area contributed by atoms with E-state index in [9.17, 15) is 0 Å². The van der Waals surface area contributed by atoms with E-state index in [-0.39, 0.29) is 0 Å². The molecule has 0 saturated carbocycles. The first-order chi connectivity index (χ1) is 7.16. The standard InChI is InChI=1S/C12H25N3/c1-10-7-15(8-11(2)14(10)3)9-12-5-4-6-13-12/h10-13H,4-9H2,1-3H3/t10?,11?,12-/m0/s1. The molecule has 3 nitrogen and oxygen atoms in total. The molecule has 2 fully saturated rings. The van der Waals surface area contributed by atoms with E-state index in [0.717, 1.165) is 6.04 Å². The van der Waals surface area contributed by atoms with Crippen molar-refractivity contribution in [3.63, 3.8) is 0 Å². The first kappa shape index (κ1) is 11.4. The molecule has 3 heteroatoms. The molecule has 0 spiro atoms. The van der Waals surface area contributed by atoms with Crippen molar-refractivity contribution in [2.24, 2.45) is 0 Å². The summed E-state index contributed by atoms with van der Waals surface area (Å²) in [5.74, 6) is 0. The zero-order valence-corrected chi connectivity index (χ0v) is 10.4. The van der Waals surface area contributed by atoms with Gasteiger partial charge in [-0.05, 0) is 40.3 Å². The summed E-state index contributed by atoms with van der Waals surface area (Å²) in [5, 5.41) is 3.59. The number of hydrogen-bond donors (Lipinski definition) is 1. The van der Waals surface area contributed by atoms with Crippen LogP contribution < -0.4 is 5.32 Å². The molecule has 2 aliphatic heterocycles. The van der Waals surface area contributed by atoms with Gasteiger partial charge in [-0.25, -0.2) is 0 Å². The molecule has 88 valence electrons. The van der Waals surface area contributed by atoms with Crippen LogP contribution in [0.5, 0.6) is 0 Å². The van der Waals surface area contributed by atoms with Crippen molar-refractivity contribution in [1.29, 1.82) is 0 Å². The minimum absolute atomic E-state index is 0.704. The smallest absolute Gasteiger partial charge is 0.0195 e. The summed E-state index contributed by atoms with van der Waals surface area (Å²) in [5.41, 5.74) is 0. The Morgan fingerprint density at radius 3 is 2.40 bits per heavy atom. The maximum atomic E-state index is 3.59. The van der Waals surface area contributed by atoms with Gasteiger partial charge in [-0.3, -0.25) is 9.80 Å². The van der Waals surface area contributed by atoms with Gasteiger partial charge in [0.2, 0.25) is 0 Å². The van der Waals surface area contributed by atoms with Gasteiger partial charge in [0.05, 0.1) is 0 Å². The summed E-state index contributed by atoms with van der Waals surface area (Å²) in [4.78, 5) is 5.14. The Bertz CT molecular complexity index is 189. The van der Waals surface area contributed by atoms with Crippen molar-refractivity contribution in [3.05, 3.63) is 0 Å². The SMILES string of the molecule is CC1CN(C[C@@H]2CCCN2)CC(C)N1C. The number of nitrogens with one attached hydrogen (secondary N) is 1. The fraction of sp³-hybridized carbons (Fsp3) is 1.00. The Balaban J connectivity index is 1.82. The second-order valence-electron chi connectivity index (χ2n) is 5.38. The molecule has 2 saturated heterocycles. The molecule has 2 rings (SSSR count). The Morgan fingerprint density at radius 2 is 1.87 bits per heavy atom. The van der Waals surface area contributed by atoms with E-state index in [4.69, 9.17) is 0 Å². The van der Waals surface area contributed by atoms with Crippen LogP contribution in [0.4, 0.5) is 0 Å². The molecule has 0 aliphatic carbocycles. The molecule has 0 amide bonds. The van der Waals surface area contributed by atoms with Crippen molar-refractivity contribution in [2.45, 2.75) is 44.8 Å². The van der Waals surface area contributed by atoms with Gasteiger partial charge < -0.3 is 5.32 Å². The molecule has 2 unspecified atom stereocenters. The number of likely N-dealkylation sites (N-methyl/N-ethyl adjacent to an activating group) is 1. The van der Waals surface area contributed by atoms with Crippen LogP contribution in [0.1, 0.15) is 26.7 Å². The lowest BCUT2D eigenvalue weighted by Crippen LogP contribution is -2.56. The molecule has 0 radical (unpaired) electrons. The molecule has 0 aromatic carbocycles. The van der Waals surface area contributed by atoms with Gasteiger partial charge in [0, 0.05) is 37.8 Å². The Labute approximate surface area is 93.8 Å². The largest absolute Gasteiger partial charge is 0.313 e. The van der Waals surface area contributed by atoms with Crippen LogP contribution in [0.15, 0.2) is 0 Å². The second kappa shape index (κ2) is 4.81.